The lowest BCUT2D eigenvalue weighted by molar-refractivity contribution is 0.415. The Labute approximate surface area is 210 Å². The summed E-state index contributed by atoms with van der Waals surface area (Å²) in [6.07, 6.45) is 3.79. The molecule has 0 saturated carbocycles. The third-order valence-electron chi connectivity index (χ3n) is 5.90. The van der Waals surface area contributed by atoms with Gasteiger partial charge in [0.25, 0.3) is 5.56 Å². The van der Waals surface area contributed by atoms with E-state index in [2.05, 4.69) is 10.1 Å². The number of nitrogens with zero attached hydrogens (tertiary/aromatic N) is 5. The van der Waals surface area contributed by atoms with Crippen molar-refractivity contribution in [2.75, 3.05) is 7.11 Å². The summed E-state index contributed by atoms with van der Waals surface area (Å²) in [4.78, 5) is 18.4. The number of para-hydroxylation sites is 1. The van der Waals surface area contributed by atoms with Gasteiger partial charge in [0, 0.05) is 22.9 Å². The molecule has 0 saturated heterocycles. The molecule has 0 fully saturated rings. The predicted octanol–water partition coefficient (Wildman–Crippen LogP) is 4.54. The Morgan fingerprint density at radius 2 is 1.61 bits per heavy atom. The zero-order valence-electron chi connectivity index (χ0n) is 19.6. The summed E-state index contributed by atoms with van der Waals surface area (Å²) in [7, 11) is 1.64. The van der Waals surface area contributed by atoms with Crippen LogP contribution in [0.5, 0.6) is 5.75 Å². The summed E-state index contributed by atoms with van der Waals surface area (Å²) < 4.78 is 9.05. The van der Waals surface area contributed by atoms with Gasteiger partial charge in [-0.05, 0) is 49.4 Å². The van der Waals surface area contributed by atoms with Crippen LogP contribution in [-0.4, -0.2) is 31.5 Å². The molecule has 0 bridgehead atoms. The molecule has 0 radical (unpaired) electrons. The van der Waals surface area contributed by atoms with E-state index in [0.29, 0.717) is 15.3 Å². The van der Waals surface area contributed by atoms with E-state index in [4.69, 9.17) is 9.84 Å². The molecule has 6 aromatic rings. The number of hydrogen-bond acceptors (Lipinski definition) is 6. The van der Waals surface area contributed by atoms with Crippen molar-refractivity contribution in [2.45, 2.75) is 6.92 Å². The van der Waals surface area contributed by atoms with Crippen LogP contribution in [0.2, 0.25) is 0 Å². The van der Waals surface area contributed by atoms with Gasteiger partial charge in [-0.1, -0.05) is 59.4 Å². The lowest BCUT2D eigenvalue weighted by Crippen LogP contribution is -2.23. The molecular weight excluding hydrogens is 470 g/mol. The highest BCUT2D eigenvalue weighted by molar-refractivity contribution is 7.15. The van der Waals surface area contributed by atoms with Crippen molar-refractivity contribution < 1.29 is 4.74 Å². The van der Waals surface area contributed by atoms with Gasteiger partial charge in [0.05, 0.1) is 17.3 Å². The highest BCUT2D eigenvalue weighted by Gasteiger charge is 2.15. The zero-order chi connectivity index (χ0) is 24.6. The first-order valence-electron chi connectivity index (χ1n) is 11.4. The number of hydrogen-bond donors (Lipinski definition) is 0. The Morgan fingerprint density at radius 1 is 0.889 bits per heavy atom. The van der Waals surface area contributed by atoms with Gasteiger partial charge in [-0.2, -0.15) is 14.6 Å². The van der Waals surface area contributed by atoms with Crippen LogP contribution < -0.4 is 14.8 Å². The SMILES string of the molecule is COc1ccc(-c2nn(-c3ccccc3)cc2C=c2sc3nc(-c4ccc(C)cc4)nn3c2=O)cc1. The van der Waals surface area contributed by atoms with Crippen molar-refractivity contribution in [3.63, 3.8) is 0 Å². The normalized spacial score (nSPS) is 11.9. The monoisotopic (exact) mass is 491 g/mol. The van der Waals surface area contributed by atoms with Gasteiger partial charge in [0.1, 0.15) is 11.4 Å². The number of rotatable bonds is 5. The maximum absolute atomic E-state index is 13.2. The van der Waals surface area contributed by atoms with Gasteiger partial charge >= 0.3 is 0 Å². The van der Waals surface area contributed by atoms with Gasteiger partial charge in [0.15, 0.2) is 5.82 Å². The van der Waals surface area contributed by atoms with E-state index >= 15 is 0 Å². The molecule has 3 heterocycles. The molecular formula is C28H21N5O2S. The van der Waals surface area contributed by atoms with E-state index in [9.17, 15) is 4.79 Å². The van der Waals surface area contributed by atoms with E-state index in [1.807, 2.05) is 103 Å². The fraction of sp³-hybridized carbons (Fsp3) is 0.0714. The molecule has 0 spiro atoms. The van der Waals surface area contributed by atoms with E-state index in [1.165, 1.54) is 15.9 Å². The van der Waals surface area contributed by atoms with Crippen molar-refractivity contribution in [1.29, 1.82) is 0 Å². The molecule has 0 aliphatic heterocycles. The second kappa shape index (κ2) is 8.90. The Kier molecular flexibility index (Phi) is 5.42. The highest BCUT2D eigenvalue weighted by Crippen LogP contribution is 2.26. The third kappa shape index (κ3) is 3.97. The highest BCUT2D eigenvalue weighted by atomic mass is 32.1. The number of fused-ring (bicyclic) bond motifs is 1. The first kappa shape index (κ1) is 21.9. The Morgan fingerprint density at radius 3 is 2.31 bits per heavy atom. The van der Waals surface area contributed by atoms with Crippen LogP contribution in [0.4, 0.5) is 0 Å². The first-order chi connectivity index (χ1) is 17.6. The van der Waals surface area contributed by atoms with Crippen LogP contribution in [-0.2, 0) is 0 Å². The van der Waals surface area contributed by atoms with Crippen molar-refractivity contribution in [3.05, 3.63) is 111 Å². The molecule has 0 atom stereocenters. The average Bonchev–Trinajstić information content (AvgIpc) is 3.60. The summed E-state index contributed by atoms with van der Waals surface area (Å²) in [6.45, 7) is 2.03. The molecule has 8 heteroatoms. The van der Waals surface area contributed by atoms with E-state index in [-0.39, 0.29) is 5.56 Å². The Hall–Kier alpha value is -4.56. The predicted molar refractivity (Wildman–Crippen MR) is 142 cm³/mol. The minimum atomic E-state index is -0.200. The van der Waals surface area contributed by atoms with Crippen LogP contribution in [0, 0.1) is 6.92 Å². The molecule has 0 aliphatic carbocycles. The van der Waals surface area contributed by atoms with Crippen LogP contribution >= 0.6 is 11.3 Å². The molecule has 0 amide bonds. The third-order valence-corrected chi connectivity index (χ3v) is 6.86. The van der Waals surface area contributed by atoms with Crippen molar-refractivity contribution in [1.82, 2.24) is 24.4 Å². The van der Waals surface area contributed by atoms with Gasteiger partial charge in [-0.3, -0.25) is 4.79 Å². The fourth-order valence-electron chi connectivity index (χ4n) is 3.98. The summed E-state index contributed by atoms with van der Waals surface area (Å²) in [5.74, 6) is 1.31. The topological polar surface area (TPSA) is 74.3 Å². The molecule has 0 unspecified atom stereocenters. The molecule has 36 heavy (non-hydrogen) atoms. The standard InChI is InChI=1S/C28H21N5O2S/c1-18-8-10-20(11-9-18)26-29-28-33(31-26)27(34)24(36-28)16-21-17-32(22-6-4-3-5-7-22)30-25(21)19-12-14-23(35-2)15-13-19/h3-17H,1-2H3. The first-order valence-corrected chi connectivity index (χ1v) is 12.2. The molecule has 0 N–H and O–H groups in total. The van der Waals surface area contributed by atoms with Gasteiger partial charge in [-0.15, -0.1) is 5.10 Å². The number of benzene rings is 3. The van der Waals surface area contributed by atoms with Gasteiger partial charge in [0.2, 0.25) is 4.96 Å². The Balaban J connectivity index is 1.47. The number of methoxy groups -OCH3 is 1. The number of aryl methyl sites for hydroxylation is 1. The largest absolute Gasteiger partial charge is 0.497 e. The van der Waals surface area contributed by atoms with E-state index in [0.717, 1.165) is 39.4 Å². The maximum atomic E-state index is 13.2. The Bertz CT molecular complexity index is 1780. The summed E-state index contributed by atoms with van der Waals surface area (Å²) in [5.41, 5.74) is 5.28. The van der Waals surface area contributed by atoms with Crippen molar-refractivity contribution in [2.24, 2.45) is 0 Å². The second-order valence-electron chi connectivity index (χ2n) is 8.35. The number of thiazole rings is 1. The van der Waals surface area contributed by atoms with Crippen LogP contribution in [0.1, 0.15) is 11.1 Å². The fourth-order valence-corrected chi connectivity index (χ4v) is 4.88. The van der Waals surface area contributed by atoms with Crippen molar-refractivity contribution >= 4 is 22.4 Å². The molecule has 0 aliphatic rings. The smallest absolute Gasteiger partial charge is 0.291 e. The van der Waals surface area contributed by atoms with Gasteiger partial charge in [-0.25, -0.2) is 4.68 Å². The van der Waals surface area contributed by atoms with E-state index in [1.54, 1.807) is 7.11 Å². The maximum Gasteiger partial charge on any atom is 0.291 e. The summed E-state index contributed by atoms with van der Waals surface area (Å²) >= 11 is 1.32. The molecule has 3 aromatic heterocycles. The number of ether oxygens (including phenoxy) is 1. The van der Waals surface area contributed by atoms with E-state index < -0.39 is 0 Å². The number of aromatic nitrogens is 5. The van der Waals surface area contributed by atoms with Crippen LogP contribution in [0.25, 0.3) is 39.4 Å². The lowest BCUT2D eigenvalue weighted by Gasteiger charge is -2.02. The molecule has 7 nitrogen and oxygen atoms in total. The zero-order valence-corrected chi connectivity index (χ0v) is 20.4. The minimum absolute atomic E-state index is 0.200. The van der Waals surface area contributed by atoms with Gasteiger partial charge < -0.3 is 4.74 Å². The summed E-state index contributed by atoms with van der Waals surface area (Å²) in [6, 6.07) is 25.5. The van der Waals surface area contributed by atoms with Crippen LogP contribution in [0.15, 0.2) is 89.9 Å². The minimum Gasteiger partial charge on any atom is -0.497 e. The lowest BCUT2D eigenvalue weighted by atomic mass is 10.1. The molecule has 3 aromatic carbocycles. The summed E-state index contributed by atoms with van der Waals surface area (Å²) in [5, 5.41) is 9.32. The van der Waals surface area contributed by atoms with Crippen LogP contribution in [0.3, 0.4) is 0 Å². The quantitative estimate of drug-likeness (QED) is 0.354. The van der Waals surface area contributed by atoms with Crippen molar-refractivity contribution in [3.8, 4) is 34.1 Å². The molecule has 6 rings (SSSR count). The average molecular weight is 492 g/mol. The molecule has 176 valence electrons. The second-order valence-corrected chi connectivity index (χ2v) is 9.36.